The van der Waals surface area contributed by atoms with Gasteiger partial charge in [-0.1, -0.05) is 23.9 Å². The molecule has 2 N–H and O–H groups in total. The first-order valence-electron chi connectivity index (χ1n) is 7.43. The Labute approximate surface area is 171 Å². The lowest BCUT2D eigenvalue weighted by Crippen LogP contribution is -2.19. The largest absolute Gasteiger partial charge is 0.504 e. The molecule has 0 aliphatic rings. The van der Waals surface area contributed by atoms with Crippen LogP contribution in [-0.4, -0.2) is 35.1 Å². The number of carbonyl (C=O) groups excluding carboxylic acids is 1. The summed E-state index contributed by atoms with van der Waals surface area (Å²) in [5.41, 5.74) is 4.14. The Balaban J connectivity index is 1.55. The maximum atomic E-state index is 11.9. The third-order valence-corrected chi connectivity index (χ3v) is 6.28. The molecule has 134 valence electrons. The molecule has 1 amide bonds. The molecule has 0 bridgehead atoms. The van der Waals surface area contributed by atoms with Crippen molar-refractivity contribution in [3.05, 3.63) is 45.5 Å². The number of para-hydroxylation sites is 1. The molecule has 3 rings (SSSR count). The highest BCUT2D eigenvalue weighted by molar-refractivity contribution is 14.1. The Bertz CT molecular complexity index is 942. The summed E-state index contributed by atoms with van der Waals surface area (Å²) in [6.45, 7) is 0. The van der Waals surface area contributed by atoms with Crippen molar-refractivity contribution < 1.29 is 14.6 Å². The number of halogens is 1. The van der Waals surface area contributed by atoms with E-state index in [1.165, 1.54) is 25.1 Å². The van der Waals surface area contributed by atoms with Gasteiger partial charge in [-0.25, -0.2) is 10.4 Å². The van der Waals surface area contributed by atoms with Crippen molar-refractivity contribution in [3.63, 3.8) is 0 Å². The second-order valence-corrected chi connectivity index (χ2v) is 8.50. The number of aromatic hydroxyl groups is 1. The van der Waals surface area contributed by atoms with Crippen molar-refractivity contribution in [2.24, 2.45) is 5.10 Å². The highest BCUT2D eigenvalue weighted by Gasteiger charge is 2.08. The predicted octanol–water partition coefficient (Wildman–Crippen LogP) is 3.86. The zero-order valence-electron chi connectivity index (χ0n) is 13.6. The monoisotopic (exact) mass is 499 g/mol. The van der Waals surface area contributed by atoms with E-state index in [1.807, 2.05) is 46.9 Å². The average molecular weight is 499 g/mol. The first kappa shape index (κ1) is 18.9. The van der Waals surface area contributed by atoms with Crippen LogP contribution in [0.3, 0.4) is 0 Å². The number of rotatable bonds is 6. The van der Waals surface area contributed by atoms with Gasteiger partial charge in [0.1, 0.15) is 0 Å². The number of amides is 1. The molecular formula is C17H14IN3O3S2. The van der Waals surface area contributed by atoms with E-state index >= 15 is 0 Å². The highest BCUT2D eigenvalue weighted by atomic mass is 127. The molecule has 0 aliphatic heterocycles. The van der Waals surface area contributed by atoms with Crippen LogP contribution < -0.4 is 10.2 Å². The van der Waals surface area contributed by atoms with E-state index in [9.17, 15) is 9.90 Å². The van der Waals surface area contributed by atoms with Crippen LogP contribution in [0.5, 0.6) is 11.5 Å². The summed E-state index contributed by atoms with van der Waals surface area (Å²) >= 11 is 4.94. The number of hydrazone groups is 1. The van der Waals surface area contributed by atoms with Crippen LogP contribution in [0.15, 0.2) is 45.8 Å². The van der Waals surface area contributed by atoms with Gasteiger partial charge in [-0.05, 0) is 52.4 Å². The SMILES string of the molecule is COc1cc(/C=N\NC(=O)CSc2nc3ccccc3s2)cc(I)c1O. The summed E-state index contributed by atoms with van der Waals surface area (Å²) in [5, 5.41) is 13.8. The van der Waals surface area contributed by atoms with Gasteiger partial charge < -0.3 is 9.84 Å². The van der Waals surface area contributed by atoms with E-state index in [4.69, 9.17) is 4.74 Å². The minimum absolute atomic E-state index is 0.0847. The summed E-state index contributed by atoms with van der Waals surface area (Å²) in [4.78, 5) is 16.4. The van der Waals surface area contributed by atoms with E-state index < -0.39 is 0 Å². The Morgan fingerprint density at radius 1 is 1.46 bits per heavy atom. The van der Waals surface area contributed by atoms with E-state index in [1.54, 1.807) is 23.5 Å². The zero-order chi connectivity index (χ0) is 18.5. The lowest BCUT2D eigenvalue weighted by atomic mass is 10.2. The number of methoxy groups -OCH3 is 1. The van der Waals surface area contributed by atoms with Crippen molar-refractivity contribution in [3.8, 4) is 11.5 Å². The molecule has 2 aromatic carbocycles. The number of ether oxygens (including phenoxy) is 1. The van der Waals surface area contributed by atoms with Crippen LogP contribution in [0.4, 0.5) is 0 Å². The molecule has 1 heterocycles. The molecule has 0 aliphatic carbocycles. The van der Waals surface area contributed by atoms with Gasteiger partial charge in [0.05, 0.1) is 32.9 Å². The summed E-state index contributed by atoms with van der Waals surface area (Å²) in [5.74, 6) is 0.455. The molecule has 3 aromatic rings. The molecule has 0 unspecified atom stereocenters. The predicted molar refractivity (Wildman–Crippen MR) is 113 cm³/mol. The normalized spacial score (nSPS) is 11.2. The number of nitrogens with zero attached hydrogens (tertiary/aromatic N) is 2. The van der Waals surface area contributed by atoms with E-state index in [0.29, 0.717) is 14.9 Å². The molecule has 26 heavy (non-hydrogen) atoms. The maximum absolute atomic E-state index is 11.9. The van der Waals surface area contributed by atoms with Crippen LogP contribution >= 0.6 is 45.7 Å². The number of nitrogens with one attached hydrogen (secondary N) is 1. The van der Waals surface area contributed by atoms with Gasteiger partial charge in [0.2, 0.25) is 0 Å². The second-order valence-electron chi connectivity index (χ2n) is 5.08. The Kier molecular flexibility index (Phi) is 6.33. The van der Waals surface area contributed by atoms with Crippen LogP contribution in [0, 0.1) is 3.57 Å². The fourth-order valence-corrected chi connectivity index (χ4v) is 4.56. The van der Waals surface area contributed by atoms with Crippen molar-refractivity contribution in [2.45, 2.75) is 4.34 Å². The molecule has 0 saturated heterocycles. The molecule has 0 radical (unpaired) electrons. The van der Waals surface area contributed by atoms with Crippen molar-refractivity contribution in [1.82, 2.24) is 10.4 Å². The van der Waals surface area contributed by atoms with E-state index in [0.717, 1.165) is 14.6 Å². The lowest BCUT2D eigenvalue weighted by molar-refractivity contribution is -0.118. The summed E-state index contributed by atoms with van der Waals surface area (Å²) in [6, 6.07) is 11.3. The van der Waals surface area contributed by atoms with Gasteiger partial charge in [-0.3, -0.25) is 4.79 Å². The van der Waals surface area contributed by atoms with Gasteiger partial charge in [-0.15, -0.1) is 11.3 Å². The Morgan fingerprint density at radius 3 is 3.04 bits per heavy atom. The second kappa shape index (κ2) is 8.69. The number of thiazole rings is 1. The fraction of sp³-hybridized carbons (Fsp3) is 0.118. The molecular weight excluding hydrogens is 485 g/mol. The Morgan fingerprint density at radius 2 is 2.27 bits per heavy atom. The van der Waals surface area contributed by atoms with Crippen LogP contribution in [-0.2, 0) is 4.79 Å². The number of hydrogen-bond donors (Lipinski definition) is 2. The number of hydrogen-bond acceptors (Lipinski definition) is 7. The van der Waals surface area contributed by atoms with Crippen LogP contribution in [0.25, 0.3) is 10.2 Å². The number of phenols is 1. The standard InChI is InChI=1S/C17H14IN3O3S2/c1-24-13-7-10(6-11(18)16(13)23)8-19-21-15(22)9-25-17-20-12-4-2-3-5-14(12)26-17/h2-8,23H,9H2,1H3,(H,21,22)/b19-8-. The Hall–Kier alpha value is -1.85. The maximum Gasteiger partial charge on any atom is 0.250 e. The quantitative estimate of drug-likeness (QED) is 0.233. The van der Waals surface area contributed by atoms with E-state index in [2.05, 4.69) is 15.5 Å². The third-order valence-electron chi connectivity index (χ3n) is 3.27. The smallest absolute Gasteiger partial charge is 0.250 e. The minimum Gasteiger partial charge on any atom is -0.504 e. The number of carbonyl (C=O) groups is 1. The first-order valence-corrected chi connectivity index (χ1v) is 10.3. The van der Waals surface area contributed by atoms with Crippen molar-refractivity contribution in [1.29, 1.82) is 0 Å². The lowest BCUT2D eigenvalue weighted by Gasteiger charge is -2.06. The molecule has 0 atom stereocenters. The van der Waals surface area contributed by atoms with Gasteiger partial charge in [0.25, 0.3) is 5.91 Å². The number of phenolic OH excluding ortho intramolecular Hbond substituents is 1. The topological polar surface area (TPSA) is 83.8 Å². The van der Waals surface area contributed by atoms with Gasteiger partial charge >= 0.3 is 0 Å². The number of aromatic nitrogens is 1. The molecule has 9 heteroatoms. The van der Waals surface area contributed by atoms with Gasteiger partial charge in [0, 0.05) is 0 Å². The summed E-state index contributed by atoms with van der Waals surface area (Å²) in [6.07, 6.45) is 1.50. The molecule has 1 aromatic heterocycles. The number of thioether (sulfide) groups is 1. The number of fused-ring (bicyclic) bond motifs is 1. The molecule has 0 spiro atoms. The number of benzene rings is 2. The van der Waals surface area contributed by atoms with Gasteiger partial charge in [0.15, 0.2) is 15.8 Å². The average Bonchev–Trinajstić information content (AvgIpc) is 3.05. The minimum atomic E-state index is -0.217. The van der Waals surface area contributed by atoms with Crippen molar-refractivity contribution in [2.75, 3.05) is 12.9 Å². The summed E-state index contributed by atoms with van der Waals surface area (Å²) < 4.78 is 7.68. The zero-order valence-corrected chi connectivity index (χ0v) is 17.4. The fourth-order valence-electron chi connectivity index (χ4n) is 2.08. The first-order chi connectivity index (χ1) is 12.6. The van der Waals surface area contributed by atoms with Crippen LogP contribution in [0.2, 0.25) is 0 Å². The highest BCUT2D eigenvalue weighted by Crippen LogP contribution is 2.32. The van der Waals surface area contributed by atoms with Crippen molar-refractivity contribution >= 4 is 68.0 Å². The molecule has 6 nitrogen and oxygen atoms in total. The summed E-state index contributed by atoms with van der Waals surface area (Å²) in [7, 11) is 1.48. The third kappa shape index (κ3) is 4.65. The van der Waals surface area contributed by atoms with Crippen LogP contribution in [0.1, 0.15) is 5.56 Å². The molecule has 0 fully saturated rings. The van der Waals surface area contributed by atoms with Gasteiger partial charge in [-0.2, -0.15) is 5.10 Å². The molecule has 0 saturated carbocycles. The van der Waals surface area contributed by atoms with E-state index in [-0.39, 0.29) is 17.4 Å².